The first-order chi connectivity index (χ1) is 34.7. The Balaban J connectivity index is 0.988. The molecule has 0 saturated carbocycles. The lowest BCUT2D eigenvalue weighted by atomic mass is 9.67. The van der Waals surface area contributed by atoms with Crippen molar-refractivity contribution >= 4 is 43.4 Å². The normalized spacial score (nSPS) is 12.7. The summed E-state index contributed by atoms with van der Waals surface area (Å²) in [6.07, 6.45) is 0. The van der Waals surface area contributed by atoms with Crippen molar-refractivity contribution in [1.29, 1.82) is 0 Å². The number of rotatable bonds is 7. The molecule has 1 heteroatoms. The number of hydrogen-bond acceptors (Lipinski definition) is 0. The Labute approximate surface area is 407 Å². The molecule has 12 aromatic carbocycles. The third-order valence-electron chi connectivity index (χ3n) is 15.1. The molecule has 14 rings (SSSR count). The molecule has 0 radical (unpaired) electrons. The molecule has 0 fully saturated rings. The summed E-state index contributed by atoms with van der Waals surface area (Å²) in [4.78, 5) is 0. The van der Waals surface area contributed by atoms with Crippen LogP contribution in [0.4, 0.5) is 0 Å². The molecule has 326 valence electrons. The SMILES string of the molecule is c1ccc(-c2c3ccccc3c(-c3ccccc3)c3cc(-c4ccc5c(c4)c4cc(-c6ccc7c(c6)C(c6ccccc6)(c6ccccc6)c6ccccc6-7)ccc4n5-c4ccccc4)ccc23)cc1. The fraction of sp³-hybridized carbons (Fsp3) is 0.0145. The molecule has 0 atom stereocenters. The fourth-order valence-electron chi connectivity index (χ4n) is 12.1. The summed E-state index contributed by atoms with van der Waals surface area (Å²) in [6.45, 7) is 0. The molecule has 0 aliphatic heterocycles. The van der Waals surface area contributed by atoms with Crippen LogP contribution in [0, 0.1) is 0 Å². The Morgan fingerprint density at radius 2 is 0.643 bits per heavy atom. The summed E-state index contributed by atoms with van der Waals surface area (Å²) >= 11 is 0. The van der Waals surface area contributed by atoms with Gasteiger partial charge in [0.25, 0.3) is 0 Å². The molecule has 13 aromatic rings. The third kappa shape index (κ3) is 6.05. The highest BCUT2D eigenvalue weighted by Gasteiger charge is 2.46. The maximum atomic E-state index is 2.48. The second kappa shape index (κ2) is 16.0. The van der Waals surface area contributed by atoms with Crippen molar-refractivity contribution in [3.63, 3.8) is 0 Å². The lowest BCUT2D eigenvalue weighted by Crippen LogP contribution is -2.28. The average molecular weight is 888 g/mol. The van der Waals surface area contributed by atoms with E-state index in [0.29, 0.717) is 0 Å². The summed E-state index contributed by atoms with van der Waals surface area (Å²) in [7, 11) is 0. The van der Waals surface area contributed by atoms with E-state index in [-0.39, 0.29) is 0 Å². The molecule has 1 nitrogen and oxygen atoms in total. The zero-order valence-corrected chi connectivity index (χ0v) is 38.4. The molecule has 0 amide bonds. The van der Waals surface area contributed by atoms with Crippen LogP contribution in [0.3, 0.4) is 0 Å². The van der Waals surface area contributed by atoms with Crippen LogP contribution in [-0.2, 0) is 5.41 Å². The number of fused-ring (bicyclic) bond motifs is 8. The molecule has 1 aliphatic carbocycles. The zero-order chi connectivity index (χ0) is 46.2. The number of para-hydroxylation sites is 1. The van der Waals surface area contributed by atoms with E-state index < -0.39 is 5.41 Å². The molecule has 1 heterocycles. The van der Waals surface area contributed by atoms with Crippen LogP contribution < -0.4 is 0 Å². The van der Waals surface area contributed by atoms with Gasteiger partial charge in [-0.25, -0.2) is 0 Å². The van der Waals surface area contributed by atoms with Gasteiger partial charge < -0.3 is 4.57 Å². The molecular weight excluding hydrogens is 843 g/mol. The predicted octanol–water partition coefficient (Wildman–Crippen LogP) is 18.1. The lowest BCUT2D eigenvalue weighted by molar-refractivity contribution is 0.769. The lowest BCUT2D eigenvalue weighted by Gasteiger charge is -2.34. The van der Waals surface area contributed by atoms with Crippen LogP contribution in [0.25, 0.3) is 105 Å². The van der Waals surface area contributed by atoms with Gasteiger partial charge in [-0.1, -0.05) is 224 Å². The van der Waals surface area contributed by atoms with E-state index in [1.54, 1.807) is 0 Å². The van der Waals surface area contributed by atoms with Gasteiger partial charge in [0.15, 0.2) is 0 Å². The Hall–Kier alpha value is -9.04. The molecule has 1 aliphatic rings. The van der Waals surface area contributed by atoms with E-state index in [9.17, 15) is 0 Å². The van der Waals surface area contributed by atoms with Crippen molar-refractivity contribution in [2.45, 2.75) is 5.41 Å². The summed E-state index contributed by atoms with van der Waals surface area (Å²) in [5.74, 6) is 0. The van der Waals surface area contributed by atoms with Crippen LogP contribution in [0.2, 0.25) is 0 Å². The van der Waals surface area contributed by atoms with Gasteiger partial charge in [0.1, 0.15) is 0 Å². The summed E-state index contributed by atoms with van der Waals surface area (Å²) in [5, 5.41) is 7.46. The fourth-order valence-corrected chi connectivity index (χ4v) is 12.1. The largest absolute Gasteiger partial charge is 0.309 e. The Morgan fingerprint density at radius 1 is 0.243 bits per heavy atom. The van der Waals surface area contributed by atoms with Gasteiger partial charge in [0.05, 0.1) is 16.4 Å². The molecule has 70 heavy (non-hydrogen) atoms. The van der Waals surface area contributed by atoms with Crippen molar-refractivity contribution < 1.29 is 0 Å². The minimum Gasteiger partial charge on any atom is -0.309 e. The first-order valence-electron chi connectivity index (χ1n) is 24.3. The Bertz CT molecular complexity index is 4090. The van der Waals surface area contributed by atoms with Crippen molar-refractivity contribution in [3.8, 4) is 61.3 Å². The number of aromatic nitrogens is 1. The number of nitrogens with zero attached hydrogens (tertiary/aromatic N) is 1. The molecule has 0 bridgehead atoms. The topological polar surface area (TPSA) is 4.93 Å². The third-order valence-corrected chi connectivity index (χ3v) is 15.1. The first-order valence-corrected chi connectivity index (χ1v) is 24.3. The summed E-state index contributed by atoms with van der Waals surface area (Å²) in [5.41, 5.74) is 20.5. The zero-order valence-electron chi connectivity index (χ0n) is 38.4. The van der Waals surface area contributed by atoms with Gasteiger partial charge in [0.2, 0.25) is 0 Å². The minimum absolute atomic E-state index is 0.471. The smallest absolute Gasteiger partial charge is 0.0713 e. The van der Waals surface area contributed by atoms with Crippen LogP contribution in [0.15, 0.2) is 273 Å². The second-order valence-electron chi connectivity index (χ2n) is 18.7. The van der Waals surface area contributed by atoms with Crippen molar-refractivity contribution in [3.05, 3.63) is 295 Å². The van der Waals surface area contributed by atoms with E-state index in [1.807, 2.05) is 0 Å². The van der Waals surface area contributed by atoms with E-state index in [4.69, 9.17) is 0 Å². The van der Waals surface area contributed by atoms with Gasteiger partial charge in [-0.3, -0.25) is 0 Å². The van der Waals surface area contributed by atoms with E-state index >= 15 is 0 Å². The van der Waals surface area contributed by atoms with Crippen LogP contribution in [0.1, 0.15) is 22.3 Å². The van der Waals surface area contributed by atoms with E-state index in [2.05, 4.69) is 278 Å². The molecule has 0 unspecified atom stereocenters. The highest BCUT2D eigenvalue weighted by molar-refractivity contribution is 6.22. The van der Waals surface area contributed by atoms with Crippen molar-refractivity contribution in [2.24, 2.45) is 0 Å². The maximum absolute atomic E-state index is 2.48. The molecular formula is C69H45N. The molecule has 0 N–H and O–H groups in total. The van der Waals surface area contributed by atoms with Gasteiger partial charge in [-0.15, -0.1) is 0 Å². The van der Waals surface area contributed by atoms with Crippen LogP contribution in [0.5, 0.6) is 0 Å². The second-order valence-corrected chi connectivity index (χ2v) is 18.7. The van der Waals surface area contributed by atoms with Gasteiger partial charge in [-0.05, 0) is 148 Å². The first kappa shape index (κ1) is 40.1. The monoisotopic (exact) mass is 887 g/mol. The standard InChI is InChI=1S/C69H45N/c1-6-20-46(21-7-1)67-57-31-16-17-32-58(57)68(47-22-8-2-9-23-47)62-44-48(35-39-59(62)67)49-36-40-65-60(42-49)61-43-50(37-41-66(61)70(65)54-28-14-5-15-29-54)51-34-38-56-55-30-18-19-33-63(55)69(64(56)45-51,52-24-10-3-11-25-52)53-26-12-4-13-27-53/h1-45H. The average Bonchev–Trinajstić information content (AvgIpc) is 3.93. The van der Waals surface area contributed by atoms with E-state index in [0.717, 1.165) is 5.69 Å². The van der Waals surface area contributed by atoms with Crippen molar-refractivity contribution in [2.75, 3.05) is 0 Å². The Morgan fingerprint density at radius 3 is 1.21 bits per heavy atom. The highest BCUT2D eigenvalue weighted by atomic mass is 15.0. The number of hydrogen-bond donors (Lipinski definition) is 0. The molecule has 1 aromatic heterocycles. The highest BCUT2D eigenvalue weighted by Crippen LogP contribution is 2.57. The van der Waals surface area contributed by atoms with Gasteiger partial charge in [-0.2, -0.15) is 0 Å². The number of benzene rings is 12. The Kier molecular flexibility index (Phi) is 9.19. The van der Waals surface area contributed by atoms with E-state index in [1.165, 1.54) is 121 Å². The summed E-state index contributed by atoms with van der Waals surface area (Å²) in [6, 6.07) is 101. The predicted molar refractivity (Wildman–Crippen MR) is 295 cm³/mol. The van der Waals surface area contributed by atoms with Crippen LogP contribution >= 0.6 is 0 Å². The summed E-state index contributed by atoms with van der Waals surface area (Å²) < 4.78 is 2.43. The quantitative estimate of drug-likeness (QED) is 0.141. The van der Waals surface area contributed by atoms with Gasteiger partial charge >= 0.3 is 0 Å². The van der Waals surface area contributed by atoms with Crippen LogP contribution in [-0.4, -0.2) is 4.57 Å². The van der Waals surface area contributed by atoms with Gasteiger partial charge in [0, 0.05) is 16.5 Å². The maximum Gasteiger partial charge on any atom is 0.0713 e. The van der Waals surface area contributed by atoms with Crippen molar-refractivity contribution in [1.82, 2.24) is 4.57 Å². The molecule has 0 saturated heterocycles. The minimum atomic E-state index is -0.471. The molecule has 0 spiro atoms.